The molecule has 0 saturated heterocycles. The molecule has 2 aromatic carbocycles. The van der Waals surface area contributed by atoms with Crippen molar-refractivity contribution in [2.45, 2.75) is 26.7 Å². The molecule has 0 aromatic heterocycles. The largest absolute Gasteiger partial charge is 0.371 e. The molecule has 0 aliphatic carbocycles. The average molecular weight is 226 g/mol. The number of hydrogen-bond donors (Lipinski definition) is 0. The van der Waals surface area contributed by atoms with Gasteiger partial charge in [0.15, 0.2) is 0 Å². The average Bonchev–Trinajstić information content (AvgIpc) is 2.38. The number of nitrogens with zero attached hydrogens (tertiary/aromatic N) is 1. The van der Waals surface area contributed by atoms with E-state index in [1.807, 2.05) is 6.07 Å². The van der Waals surface area contributed by atoms with Gasteiger partial charge in [0.1, 0.15) is 0 Å². The Kier molecular flexibility index (Phi) is 4.03. The van der Waals surface area contributed by atoms with Crippen molar-refractivity contribution in [3.8, 4) is 0 Å². The Bertz CT molecular complexity index is 464. The molecular weight excluding hydrogens is 206 g/mol. The molecule has 2 rings (SSSR count). The lowest BCUT2D eigenvalue weighted by molar-refractivity contribution is 0.747. The lowest BCUT2D eigenvalue weighted by atomic mass is 10.1. The first-order valence-corrected chi connectivity index (χ1v) is 6.51. The summed E-state index contributed by atoms with van der Waals surface area (Å²) in [5, 5.41) is 2.53. The molecule has 0 heterocycles. The second kappa shape index (κ2) is 5.72. The summed E-state index contributed by atoms with van der Waals surface area (Å²) < 4.78 is 0. The van der Waals surface area contributed by atoms with E-state index in [0.29, 0.717) is 0 Å². The lowest BCUT2D eigenvalue weighted by Gasteiger charge is -2.25. The molecule has 2 aromatic rings. The summed E-state index contributed by atoms with van der Waals surface area (Å²) in [5.41, 5.74) is 1.35. The highest BCUT2D eigenvalue weighted by atomic mass is 15.1. The first-order valence-electron chi connectivity index (χ1n) is 6.51. The summed E-state index contributed by atoms with van der Waals surface area (Å²) in [6, 6.07) is 16.0. The fourth-order valence-corrected chi connectivity index (χ4v) is 2.30. The van der Waals surface area contributed by atoms with Crippen LogP contribution in [0.15, 0.2) is 36.4 Å². The van der Waals surface area contributed by atoms with Crippen LogP contribution >= 0.6 is 0 Å². The Balaban J connectivity index is 2.44. The third-order valence-corrected chi connectivity index (χ3v) is 3.01. The van der Waals surface area contributed by atoms with Crippen molar-refractivity contribution in [3.63, 3.8) is 0 Å². The normalized spacial score (nSPS) is 10.7. The fraction of sp³-hybridized carbons (Fsp3) is 0.375. The van der Waals surface area contributed by atoms with Gasteiger partial charge in [0.2, 0.25) is 0 Å². The van der Waals surface area contributed by atoms with Gasteiger partial charge in [-0.3, -0.25) is 0 Å². The highest BCUT2D eigenvalue weighted by molar-refractivity contribution is 5.93. The standard InChI is InChI=1S/C16H20N/c1-3-12-17(13-4-2)16-11-7-9-14-8-5-6-10-15(14)16/h5-7,9-11H,3-4,12-13H2,1-2H3. The van der Waals surface area contributed by atoms with Crippen LogP contribution in [0.3, 0.4) is 0 Å². The van der Waals surface area contributed by atoms with E-state index < -0.39 is 0 Å². The van der Waals surface area contributed by atoms with Gasteiger partial charge in [-0.25, -0.2) is 0 Å². The van der Waals surface area contributed by atoms with Crippen molar-refractivity contribution in [1.29, 1.82) is 0 Å². The maximum absolute atomic E-state index is 3.30. The predicted molar refractivity (Wildman–Crippen MR) is 75.6 cm³/mol. The zero-order valence-electron chi connectivity index (χ0n) is 10.7. The van der Waals surface area contributed by atoms with Crippen molar-refractivity contribution in [2.24, 2.45) is 0 Å². The summed E-state index contributed by atoms with van der Waals surface area (Å²) in [4.78, 5) is 2.48. The fourth-order valence-electron chi connectivity index (χ4n) is 2.30. The number of anilines is 1. The first kappa shape index (κ1) is 12.0. The minimum Gasteiger partial charge on any atom is -0.371 e. The zero-order valence-corrected chi connectivity index (χ0v) is 10.7. The molecule has 0 amide bonds. The van der Waals surface area contributed by atoms with Crippen molar-refractivity contribution >= 4 is 16.5 Å². The van der Waals surface area contributed by atoms with Crippen molar-refractivity contribution in [3.05, 3.63) is 42.5 Å². The van der Waals surface area contributed by atoms with Gasteiger partial charge in [-0.05, 0) is 30.4 Å². The molecule has 17 heavy (non-hydrogen) atoms. The molecule has 1 heteroatoms. The number of fused-ring (bicyclic) bond motifs is 1. The quantitative estimate of drug-likeness (QED) is 0.736. The van der Waals surface area contributed by atoms with E-state index >= 15 is 0 Å². The van der Waals surface area contributed by atoms with Gasteiger partial charge in [0, 0.05) is 24.2 Å². The molecule has 0 saturated carbocycles. The van der Waals surface area contributed by atoms with Crippen LogP contribution in [-0.2, 0) is 0 Å². The van der Waals surface area contributed by atoms with Crippen LogP contribution in [0.2, 0.25) is 0 Å². The first-order chi connectivity index (χ1) is 8.36. The minimum atomic E-state index is 1.13. The Labute approximate surface area is 104 Å². The topological polar surface area (TPSA) is 3.24 Å². The second-order valence-corrected chi connectivity index (χ2v) is 4.40. The van der Waals surface area contributed by atoms with Crippen LogP contribution in [0.1, 0.15) is 26.7 Å². The third kappa shape index (κ3) is 2.60. The van der Waals surface area contributed by atoms with Crippen molar-refractivity contribution in [1.82, 2.24) is 0 Å². The van der Waals surface area contributed by atoms with Crippen LogP contribution in [-0.4, -0.2) is 13.1 Å². The number of benzene rings is 2. The molecule has 0 atom stereocenters. The van der Waals surface area contributed by atoms with Crippen LogP contribution in [0.5, 0.6) is 0 Å². The van der Waals surface area contributed by atoms with Crippen molar-refractivity contribution < 1.29 is 0 Å². The molecule has 1 nitrogen and oxygen atoms in total. The van der Waals surface area contributed by atoms with Crippen LogP contribution < -0.4 is 4.90 Å². The molecule has 89 valence electrons. The van der Waals surface area contributed by atoms with Gasteiger partial charge in [0.25, 0.3) is 0 Å². The molecule has 0 unspecified atom stereocenters. The van der Waals surface area contributed by atoms with E-state index in [4.69, 9.17) is 0 Å². The van der Waals surface area contributed by atoms with Crippen molar-refractivity contribution in [2.75, 3.05) is 18.0 Å². The van der Waals surface area contributed by atoms with Gasteiger partial charge < -0.3 is 4.90 Å². The van der Waals surface area contributed by atoms with E-state index in [1.165, 1.54) is 29.3 Å². The van der Waals surface area contributed by atoms with Gasteiger partial charge in [0.05, 0.1) is 0 Å². The van der Waals surface area contributed by atoms with Gasteiger partial charge in [-0.15, -0.1) is 0 Å². The summed E-state index contributed by atoms with van der Waals surface area (Å²) >= 11 is 0. The van der Waals surface area contributed by atoms with Gasteiger partial charge in [-0.2, -0.15) is 0 Å². The van der Waals surface area contributed by atoms with E-state index in [0.717, 1.165) is 13.1 Å². The smallest absolute Gasteiger partial charge is 0.0446 e. The predicted octanol–water partition coefficient (Wildman–Crippen LogP) is 4.27. The second-order valence-electron chi connectivity index (χ2n) is 4.40. The van der Waals surface area contributed by atoms with E-state index in [1.54, 1.807) is 0 Å². The minimum absolute atomic E-state index is 1.13. The Morgan fingerprint density at radius 3 is 2.47 bits per heavy atom. The number of hydrogen-bond acceptors (Lipinski definition) is 1. The Morgan fingerprint density at radius 1 is 1.00 bits per heavy atom. The Morgan fingerprint density at radius 2 is 1.76 bits per heavy atom. The summed E-state index contributed by atoms with van der Waals surface area (Å²) in [6.45, 7) is 6.73. The SMILES string of the molecule is CCCN(CCC)c1cccc2[c]cccc12. The lowest BCUT2D eigenvalue weighted by Crippen LogP contribution is -2.24. The summed E-state index contributed by atoms with van der Waals surface area (Å²) in [6.07, 6.45) is 2.37. The van der Waals surface area contributed by atoms with Gasteiger partial charge >= 0.3 is 0 Å². The van der Waals surface area contributed by atoms with Crippen LogP contribution in [0, 0.1) is 6.07 Å². The third-order valence-electron chi connectivity index (χ3n) is 3.01. The van der Waals surface area contributed by atoms with Crippen LogP contribution in [0.25, 0.3) is 10.8 Å². The van der Waals surface area contributed by atoms with E-state index in [-0.39, 0.29) is 0 Å². The highest BCUT2D eigenvalue weighted by Crippen LogP contribution is 2.26. The highest BCUT2D eigenvalue weighted by Gasteiger charge is 2.07. The molecule has 0 aliphatic rings. The molecular formula is C16H20N. The molecule has 0 bridgehead atoms. The molecule has 0 fully saturated rings. The maximum Gasteiger partial charge on any atom is 0.0446 e. The molecule has 1 radical (unpaired) electrons. The van der Waals surface area contributed by atoms with E-state index in [2.05, 4.69) is 55.1 Å². The monoisotopic (exact) mass is 226 g/mol. The maximum atomic E-state index is 3.30. The zero-order chi connectivity index (χ0) is 12.1. The summed E-state index contributed by atoms with van der Waals surface area (Å²) in [7, 11) is 0. The summed E-state index contributed by atoms with van der Waals surface area (Å²) in [5.74, 6) is 0. The molecule has 0 N–H and O–H groups in total. The van der Waals surface area contributed by atoms with Gasteiger partial charge in [-0.1, -0.05) is 44.2 Å². The molecule has 0 aliphatic heterocycles. The Hall–Kier alpha value is -1.50. The molecule has 0 spiro atoms. The number of rotatable bonds is 5. The van der Waals surface area contributed by atoms with Crippen LogP contribution in [0.4, 0.5) is 5.69 Å². The van der Waals surface area contributed by atoms with E-state index in [9.17, 15) is 0 Å².